The van der Waals surface area contributed by atoms with Crippen molar-refractivity contribution < 1.29 is 24.2 Å². The molecule has 1 saturated carbocycles. The molecule has 7 nitrogen and oxygen atoms in total. The van der Waals surface area contributed by atoms with Crippen LogP contribution in [-0.4, -0.2) is 41.8 Å². The Kier molecular flexibility index (Phi) is 6.44. The van der Waals surface area contributed by atoms with Crippen LogP contribution in [-0.2, 0) is 14.3 Å². The van der Waals surface area contributed by atoms with Gasteiger partial charge in [-0.3, -0.25) is 9.59 Å². The summed E-state index contributed by atoms with van der Waals surface area (Å²) < 4.78 is 5.53. The molecule has 2 aromatic rings. The van der Waals surface area contributed by atoms with Gasteiger partial charge in [0.2, 0.25) is 5.91 Å². The molecule has 2 amide bonds. The van der Waals surface area contributed by atoms with Crippen molar-refractivity contribution in [1.82, 2.24) is 10.6 Å². The minimum absolute atomic E-state index is 0.0585. The Morgan fingerprint density at radius 3 is 2.12 bits per heavy atom. The third-order valence-corrected chi connectivity index (χ3v) is 6.27. The Bertz CT molecular complexity index is 971. The number of carboxylic acids is 1. The zero-order valence-corrected chi connectivity index (χ0v) is 18.0. The maximum atomic E-state index is 12.6. The highest BCUT2D eigenvalue weighted by Crippen LogP contribution is 2.44. The summed E-state index contributed by atoms with van der Waals surface area (Å²) in [6.07, 6.45) is 1.43. The van der Waals surface area contributed by atoms with Gasteiger partial charge in [-0.15, -0.1) is 0 Å². The Morgan fingerprint density at radius 2 is 1.59 bits per heavy atom. The molecule has 2 aliphatic rings. The van der Waals surface area contributed by atoms with Gasteiger partial charge in [0.25, 0.3) is 0 Å². The van der Waals surface area contributed by atoms with E-state index in [0.717, 1.165) is 35.1 Å². The number of hydrogen-bond acceptors (Lipinski definition) is 4. The molecule has 7 heteroatoms. The van der Waals surface area contributed by atoms with Crippen molar-refractivity contribution >= 4 is 18.0 Å². The molecular weight excluding hydrogens is 408 g/mol. The lowest BCUT2D eigenvalue weighted by Gasteiger charge is -2.22. The van der Waals surface area contributed by atoms with Gasteiger partial charge in [-0.25, -0.2) is 4.79 Å². The molecule has 0 bridgehead atoms. The van der Waals surface area contributed by atoms with Crippen molar-refractivity contribution in [3.8, 4) is 11.1 Å². The number of carboxylic acid groups (broad SMARTS) is 1. The molecule has 1 unspecified atom stereocenters. The molecule has 0 saturated heterocycles. The molecule has 1 fully saturated rings. The number of aliphatic carboxylic acids is 1. The normalized spacial score (nSPS) is 16.4. The fourth-order valence-electron chi connectivity index (χ4n) is 4.44. The van der Waals surface area contributed by atoms with Gasteiger partial charge in [-0.05, 0) is 47.4 Å². The predicted octanol–water partition coefficient (Wildman–Crippen LogP) is 3.67. The lowest BCUT2D eigenvalue weighted by molar-refractivity contribution is -0.138. The summed E-state index contributed by atoms with van der Waals surface area (Å²) in [4.78, 5) is 36.2. The number of carbonyl (C=O) groups is 3. The molecule has 4 rings (SSSR count). The van der Waals surface area contributed by atoms with E-state index in [1.165, 1.54) is 0 Å². The quantitative estimate of drug-likeness (QED) is 0.556. The zero-order valence-electron chi connectivity index (χ0n) is 18.0. The monoisotopic (exact) mass is 436 g/mol. The molecular formula is C25H28N2O5. The van der Waals surface area contributed by atoms with E-state index >= 15 is 0 Å². The topological polar surface area (TPSA) is 105 Å². The Morgan fingerprint density at radius 1 is 1.00 bits per heavy atom. The van der Waals surface area contributed by atoms with Gasteiger partial charge in [-0.1, -0.05) is 55.5 Å². The summed E-state index contributed by atoms with van der Waals surface area (Å²) in [6.45, 7) is 1.96. The van der Waals surface area contributed by atoms with Crippen LogP contribution in [0.25, 0.3) is 11.1 Å². The molecule has 0 aromatic heterocycles. The van der Waals surface area contributed by atoms with E-state index < -0.39 is 24.1 Å². The van der Waals surface area contributed by atoms with Crippen molar-refractivity contribution in [3.63, 3.8) is 0 Å². The van der Waals surface area contributed by atoms with E-state index in [1.54, 1.807) is 6.92 Å². The molecule has 2 atom stereocenters. The highest BCUT2D eigenvalue weighted by molar-refractivity contribution is 5.86. The standard InChI is InChI=1S/C25H28N2O5/c1-2-21(24(30)26-22(13-23(28)29)15-11-12-15)27-25(31)32-14-20-18-9-5-3-7-16(18)17-8-4-6-10-19(17)20/h3-10,15,20-22H,2,11-14H2,1H3,(H,26,30)(H,27,31)(H,28,29)/t21-,22?/m1/s1. The van der Waals surface area contributed by atoms with Crippen LogP contribution in [0.5, 0.6) is 0 Å². The number of nitrogens with one attached hydrogen (secondary N) is 2. The summed E-state index contributed by atoms with van der Waals surface area (Å²) >= 11 is 0. The van der Waals surface area contributed by atoms with Gasteiger partial charge in [-0.2, -0.15) is 0 Å². The molecule has 0 radical (unpaired) electrons. The molecule has 2 aliphatic carbocycles. The number of rotatable bonds is 9. The fraction of sp³-hybridized carbons (Fsp3) is 0.400. The average Bonchev–Trinajstić information content (AvgIpc) is 3.58. The zero-order chi connectivity index (χ0) is 22.7. The first-order chi connectivity index (χ1) is 15.5. The highest BCUT2D eigenvalue weighted by Gasteiger charge is 2.35. The maximum Gasteiger partial charge on any atom is 0.407 e. The van der Waals surface area contributed by atoms with E-state index in [9.17, 15) is 14.4 Å². The van der Waals surface area contributed by atoms with Crippen molar-refractivity contribution in [1.29, 1.82) is 0 Å². The van der Waals surface area contributed by atoms with E-state index in [2.05, 4.69) is 22.8 Å². The smallest absolute Gasteiger partial charge is 0.407 e. The molecule has 2 aromatic carbocycles. The van der Waals surface area contributed by atoms with Gasteiger partial charge >= 0.3 is 12.1 Å². The van der Waals surface area contributed by atoms with Gasteiger partial charge in [0.1, 0.15) is 12.6 Å². The molecule has 3 N–H and O–H groups in total. The second kappa shape index (κ2) is 9.42. The average molecular weight is 437 g/mol. The lowest BCUT2D eigenvalue weighted by atomic mass is 9.98. The number of ether oxygens (including phenoxy) is 1. The van der Waals surface area contributed by atoms with Gasteiger partial charge in [0, 0.05) is 12.0 Å². The van der Waals surface area contributed by atoms with Gasteiger partial charge < -0.3 is 20.5 Å². The van der Waals surface area contributed by atoms with Gasteiger partial charge in [0.05, 0.1) is 6.42 Å². The largest absolute Gasteiger partial charge is 0.481 e. The third-order valence-electron chi connectivity index (χ3n) is 6.27. The number of benzene rings is 2. The number of hydrogen-bond donors (Lipinski definition) is 3. The number of amides is 2. The number of alkyl carbamates (subject to hydrolysis) is 1. The minimum Gasteiger partial charge on any atom is -0.481 e. The number of carbonyl (C=O) groups excluding carboxylic acids is 2. The Hall–Kier alpha value is -3.35. The summed E-state index contributed by atoms with van der Waals surface area (Å²) in [5.74, 6) is -1.18. The first kappa shape index (κ1) is 21.9. The molecule has 0 heterocycles. The SMILES string of the molecule is CC[C@@H](NC(=O)OCC1c2ccccc2-c2ccccc21)C(=O)NC(CC(=O)O)C1CC1. The number of fused-ring (bicyclic) bond motifs is 3. The third kappa shape index (κ3) is 4.77. The van der Waals surface area contributed by atoms with Crippen LogP contribution < -0.4 is 10.6 Å². The van der Waals surface area contributed by atoms with Crippen molar-refractivity contribution in [2.45, 2.75) is 50.6 Å². The Balaban J connectivity index is 1.36. The van der Waals surface area contributed by atoms with Crippen LogP contribution in [0.15, 0.2) is 48.5 Å². The predicted molar refractivity (Wildman–Crippen MR) is 119 cm³/mol. The van der Waals surface area contributed by atoms with Crippen LogP contribution in [0.1, 0.15) is 49.7 Å². The first-order valence-corrected chi connectivity index (χ1v) is 11.1. The minimum atomic E-state index is -0.945. The highest BCUT2D eigenvalue weighted by atomic mass is 16.5. The van der Waals surface area contributed by atoms with Crippen LogP contribution in [0, 0.1) is 5.92 Å². The van der Waals surface area contributed by atoms with Gasteiger partial charge in [0.15, 0.2) is 0 Å². The van der Waals surface area contributed by atoms with Crippen LogP contribution in [0.2, 0.25) is 0 Å². The summed E-state index contributed by atoms with van der Waals surface area (Å²) in [5.41, 5.74) is 4.53. The molecule has 168 valence electrons. The van der Waals surface area contributed by atoms with E-state index in [-0.39, 0.29) is 30.8 Å². The molecule has 0 aliphatic heterocycles. The second-order valence-corrected chi connectivity index (χ2v) is 8.48. The fourth-order valence-corrected chi connectivity index (χ4v) is 4.44. The summed E-state index contributed by atoms with van der Waals surface area (Å²) in [6, 6.07) is 15.0. The van der Waals surface area contributed by atoms with Crippen LogP contribution >= 0.6 is 0 Å². The molecule has 0 spiro atoms. The van der Waals surface area contributed by atoms with Crippen molar-refractivity contribution in [3.05, 3.63) is 59.7 Å². The maximum absolute atomic E-state index is 12.6. The summed E-state index contributed by atoms with van der Waals surface area (Å²) in [5, 5.41) is 14.5. The van der Waals surface area contributed by atoms with Crippen molar-refractivity contribution in [2.75, 3.05) is 6.61 Å². The molecule has 32 heavy (non-hydrogen) atoms. The van der Waals surface area contributed by atoms with E-state index in [4.69, 9.17) is 9.84 Å². The summed E-state index contributed by atoms with van der Waals surface area (Å²) in [7, 11) is 0. The first-order valence-electron chi connectivity index (χ1n) is 11.1. The second-order valence-electron chi connectivity index (χ2n) is 8.48. The van der Waals surface area contributed by atoms with Crippen LogP contribution in [0.3, 0.4) is 0 Å². The van der Waals surface area contributed by atoms with Crippen molar-refractivity contribution in [2.24, 2.45) is 5.92 Å². The Labute approximate surface area is 187 Å². The van der Waals surface area contributed by atoms with E-state index in [0.29, 0.717) is 6.42 Å². The van der Waals surface area contributed by atoms with Crippen LogP contribution in [0.4, 0.5) is 4.79 Å². The lowest BCUT2D eigenvalue weighted by Crippen LogP contribution is -2.50. The van der Waals surface area contributed by atoms with E-state index in [1.807, 2.05) is 36.4 Å².